The highest BCUT2D eigenvalue weighted by Gasteiger charge is 2.21. The Kier molecular flexibility index (Phi) is 15.0. The number of hydrogen-bond acceptors (Lipinski definition) is 8. The molecule has 6 N–H and O–H groups in total. The predicted molar refractivity (Wildman–Crippen MR) is 160 cm³/mol. The Morgan fingerprint density at radius 1 is 0.833 bits per heavy atom. The van der Waals surface area contributed by atoms with Gasteiger partial charge in [-0.25, -0.2) is 4.79 Å². The number of unbranched alkanes of at least 4 members (excludes halogenated alkanes) is 1. The Labute approximate surface area is 247 Å². The molecule has 0 aromatic heterocycles. The monoisotopic (exact) mass is 585 g/mol. The molecule has 12 heteroatoms. The van der Waals surface area contributed by atoms with Gasteiger partial charge in [0.15, 0.2) is 0 Å². The Morgan fingerprint density at radius 3 is 2.17 bits per heavy atom. The topological polar surface area (TPSA) is 170 Å². The van der Waals surface area contributed by atoms with Gasteiger partial charge in [-0.3, -0.25) is 19.7 Å². The summed E-state index contributed by atoms with van der Waals surface area (Å²) in [6, 6.07) is 14.6. The maximum Gasteiger partial charge on any atom is 0.412 e. The maximum atomic E-state index is 12.9. The smallest absolute Gasteiger partial charge is 0.412 e. The molecule has 0 saturated heterocycles. The van der Waals surface area contributed by atoms with Gasteiger partial charge in [-0.05, 0) is 76.4 Å². The van der Waals surface area contributed by atoms with Crippen LogP contribution in [0.15, 0.2) is 54.6 Å². The van der Waals surface area contributed by atoms with Crippen LogP contribution in [0.3, 0.4) is 0 Å². The van der Waals surface area contributed by atoms with Crippen molar-refractivity contribution in [2.24, 2.45) is 5.73 Å². The molecule has 4 amide bonds. The van der Waals surface area contributed by atoms with Crippen LogP contribution in [0, 0.1) is 0 Å². The van der Waals surface area contributed by atoms with Gasteiger partial charge in [0.2, 0.25) is 11.8 Å². The van der Waals surface area contributed by atoms with Crippen LogP contribution in [0.25, 0.3) is 0 Å². The van der Waals surface area contributed by atoms with Gasteiger partial charge >= 0.3 is 6.09 Å². The van der Waals surface area contributed by atoms with Crippen molar-refractivity contribution in [2.45, 2.75) is 51.7 Å². The zero-order chi connectivity index (χ0) is 30.8. The lowest BCUT2D eigenvalue weighted by atomic mass is 10.1. The molecular weight excluding hydrogens is 542 g/mol. The second kappa shape index (κ2) is 18.4. The maximum absolute atomic E-state index is 12.9. The third-order valence-electron chi connectivity index (χ3n) is 5.56. The number of amides is 4. The number of benzene rings is 2. The predicted octanol–water partition coefficient (Wildman–Crippen LogP) is 3.05. The fourth-order valence-corrected chi connectivity index (χ4v) is 3.63. The molecule has 1 atom stereocenters. The molecular formula is C30H43N5O7. The van der Waals surface area contributed by atoms with Crippen LogP contribution in [0.5, 0.6) is 0 Å². The van der Waals surface area contributed by atoms with E-state index in [0.29, 0.717) is 62.5 Å². The van der Waals surface area contributed by atoms with E-state index < -0.39 is 23.6 Å². The van der Waals surface area contributed by atoms with E-state index in [1.165, 1.54) is 0 Å². The molecule has 0 saturated carbocycles. The molecule has 0 spiro atoms. The van der Waals surface area contributed by atoms with E-state index in [1.54, 1.807) is 69.3 Å². The number of nitrogens with one attached hydrogen (secondary N) is 4. The highest BCUT2D eigenvalue weighted by atomic mass is 16.6. The second-order valence-electron chi connectivity index (χ2n) is 10.4. The zero-order valence-corrected chi connectivity index (χ0v) is 24.6. The summed E-state index contributed by atoms with van der Waals surface area (Å²) in [6.45, 7) is 6.87. The van der Waals surface area contributed by atoms with Crippen LogP contribution in [-0.4, -0.2) is 75.0 Å². The van der Waals surface area contributed by atoms with E-state index in [1.807, 2.05) is 6.07 Å². The summed E-state index contributed by atoms with van der Waals surface area (Å²) in [5.74, 6) is -1.03. The first-order valence-corrected chi connectivity index (χ1v) is 14.0. The fourth-order valence-electron chi connectivity index (χ4n) is 3.63. The van der Waals surface area contributed by atoms with E-state index in [0.717, 1.165) is 0 Å². The number of carbonyl (C=O) groups is 4. The van der Waals surface area contributed by atoms with Crippen LogP contribution in [0.1, 0.15) is 50.4 Å². The molecule has 12 nitrogen and oxygen atoms in total. The Morgan fingerprint density at radius 2 is 1.50 bits per heavy atom. The summed E-state index contributed by atoms with van der Waals surface area (Å²) < 4.78 is 15.7. The van der Waals surface area contributed by atoms with Crippen LogP contribution < -0.4 is 27.0 Å². The van der Waals surface area contributed by atoms with E-state index in [2.05, 4.69) is 21.3 Å². The quantitative estimate of drug-likeness (QED) is 0.176. The third-order valence-corrected chi connectivity index (χ3v) is 5.56. The van der Waals surface area contributed by atoms with Crippen molar-refractivity contribution in [3.63, 3.8) is 0 Å². The van der Waals surface area contributed by atoms with Gasteiger partial charge < -0.3 is 35.9 Å². The number of anilines is 2. The molecule has 2 aromatic rings. The molecule has 42 heavy (non-hydrogen) atoms. The average Bonchev–Trinajstić information content (AvgIpc) is 2.93. The highest BCUT2D eigenvalue weighted by Crippen LogP contribution is 2.13. The standard InChI is InChI=1S/C30H43N5O7/c1-30(2,3)42-29(39)34-24-14-12-22(13-15-24)27(37)32-17-8-7-11-25(28(38)33-23-9-5-4-6-10-23)35-26(36)21-41-20-19-40-18-16-31/h4-6,9-10,12-15,25H,7-8,11,16-21,31H2,1-3H3,(H,32,37)(H,33,38)(H,34,39)(H,35,36). The minimum atomic E-state index is -0.782. The van der Waals surface area contributed by atoms with Gasteiger partial charge in [0, 0.05) is 30.0 Å². The molecule has 0 aliphatic heterocycles. The van der Waals surface area contributed by atoms with E-state index in [4.69, 9.17) is 19.9 Å². The van der Waals surface area contributed by atoms with Gasteiger partial charge in [0.1, 0.15) is 18.2 Å². The minimum Gasteiger partial charge on any atom is -0.444 e. The van der Waals surface area contributed by atoms with Crippen LogP contribution in [0.2, 0.25) is 0 Å². The normalized spacial score (nSPS) is 11.7. The average molecular weight is 586 g/mol. The van der Waals surface area contributed by atoms with E-state index in [9.17, 15) is 19.2 Å². The van der Waals surface area contributed by atoms with Gasteiger partial charge in [-0.15, -0.1) is 0 Å². The number of nitrogens with two attached hydrogens (primary N) is 1. The largest absolute Gasteiger partial charge is 0.444 e. The third kappa shape index (κ3) is 14.6. The second-order valence-corrected chi connectivity index (χ2v) is 10.4. The van der Waals surface area contributed by atoms with Crippen molar-refractivity contribution in [2.75, 3.05) is 50.2 Å². The van der Waals surface area contributed by atoms with E-state index in [-0.39, 0.29) is 25.0 Å². The van der Waals surface area contributed by atoms with Gasteiger partial charge in [-0.2, -0.15) is 0 Å². The molecule has 0 bridgehead atoms. The summed E-state index contributed by atoms with van der Waals surface area (Å²) in [5.41, 5.74) is 6.31. The SMILES string of the molecule is CC(C)(C)OC(=O)Nc1ccc(C(=O)NCCCCC(NC(=O)COCCOCCN)C(=O)Nc2ccccc2)cc1. The Balaban J connectivity index is 1.79. The molecule has 0 fully saturated rings. The summed E-state index contributed by atoms with van der Waals surface area (Å²) in [5, 5.41) is 11.0. The van der Waals surface area contributed by atoms with Crippen molar-refractivity contribution in [1.82, 2.24) is 10.6 Å². The highest BCUT2D eigenvalue weighted by molar-refractivity contribution is 5.97. The van der Waals surface area contributed by atoms with Crippen molar-refractivity contribution in [3.8, 4) is 0 Å². The number of ether oxygens (including phenoxy) is 3. The molecule has 230 valence electrons. The number of rotatable bonds is 17. The molecule has 2 rings (SSSR count). The fraction of sp³-hybridized carbons (Fsp3) is 0.467. The number of para-hydroxylation sites is 1. The van der Waals surface area contributed by atoms with Crippen LogP contribution >= 0.6 is 0 Å². The van der Waals surface area contributed by atoms with Gasteiger partial charge in [0.05, 0.1) is 19.8 Å². The first-order chi connectivity index (χ1) is 20.1. The summed E-state index contributed by atoms with van der Waals surface area (Å²) in [6.07, 6.45) is 0.946. The molecule has 0 radical (unpaired) electrons. The van der Waals surface area contributed by atoms with E-state index >= 15 is 0 Å². The van der Waals surface area contributed by atoms with Gasteiger partial charge in [0.25, 0.3) is 5.91 Å². The molecule has 1 unspecified atom stereocenters. The Hall–Kier alpha value is -4.00. The lowest BCUT2D eigenvalue weighted by Gasteiger charge is -2.19. The zero-order valence-electron chi connectivity index (χ0n) is 24.6. The van der Waals surface area contributed by atoms with Crippen molar-refractivity contribution in [1.29, 1.82) is 0 Å². The number of carbonyl (C=O) groups excluding carboxylic acids is 4. The summed E-state index contributed by atoms with van der Waals surface area (Å²) in [7, 11) is 0. The van der Waals surface area contributed by atoms with Crippen molar-refractivity contribution >= 4 is 35.2 Å². The van der Waals surface area contributed by atoms with Crippen LogP contribution in [0.4, 0.5) is 16.2 Å². The summed E-state index contributed by atoms with van der Waals surface area (Å²) >= 11 is 0. The van der Waals surface area contributed by atoms with Gasteiger partial charge in [-0.1, -0.05) is 18.2 Å². The lowest BCUT2D eigenvalue weighted by molar-refractivity contribution is -0.130. The Bertz CT molecular complexity index is 1120. The molecule has 0 aliphatic rings. The minimum absolute atomic E-state index is 0.205. The van der Waals surface area contributed by atoms with Crippen molar-refractivity contribution < 1.29 is 33.4 Å². The first kappa shape index (κ1) is 34.2. The van der Waals surface area contributed by atoms with Crippen LogP contribution in [-0.2, 0) is 23.8 Å². The molecule has 0 heterocycles. The number of hydrogen-bond donors (Lipinski definition) is 5. The molecule has 0 aliphatic carbocycles. The first-order valence-electron chi connectivity index (χ1n) is 14.0. The van der Waals surface area contributed by atoms with Crippen molar-refractivity contribution in [3.05, 3.63) is 60.2 Å². The lowest BCUT2D eigenvalue weighted by Crippen LogP contribution is -2.45. The summed E-state index contributed by atoms with van der Waals surface area (Å²) in [4.78, 5) is 49.8. The molecule has 2 aromatic carbocycles.